The van der Waals surface area contributed by atoms with Crippen LogP contribution in [0.2, 0.25) is 0 Å². The number of carbonyl (C=O) groups is 1. The lowest BCUT2D eigenvalue weighted by Gasteiger charge is -2.27. The monoisotopic (exact) mass is 588 g/mol. The molecule has 0 radical (unpaired) electrons. The summed E-state index contributed by atoms with van der Waals surface area (Å²) in [6.07, 6.45) is 6.09. The summed E-state index contributed by atoms with van der Waals surface area (Å²) in [5, 5.41) is 16.7. The maximum atomic E-state index is 12.9. The van der Waals surface area contributed by atoms with Crippen LogP contribution in [-0.2, 0) is 16.4 Å². The molecule has 14 heteroatoms. The molecule has 1 saturated heterocycles. The molecule has 1 aliphatic heterocycles. The number of aromatic nitrogens is 5. The number of amides is 1. The Bertz CT molecular complexity index is 1710. The van der Waals surface area contributed by atoms with Crippen LogP contribution in [0.1, 0.15) is 22.8 Å². The molecule has 1 amide bonds. The normalized spacial score (nSPS) is 14.9. The summed E-state index contributed by atoms with van der Waals surface area (Å²) < 4.78 is 36.6. The number of anilines is 2. The Morgan fingerprint density at radius 2 is 1.86 bits per heavy atom. The first-order chi connectivity index (χ1) is 20.2. The lowest BCUT2D eigenvalue weighted by Crippen LogP contribution is -2.43. The molecule has 2 aromatic heterocycles. The smallest absolute Gasteiger partial charge is 0.254 e. The molecular formula is C28H28N8O5S. The van der Waals surface area contributed by atoms with Gasteiger partial charge in [0.1, 0.15) is 36.3 Å². The second-order valence-electron chi connectivity index (χ2n) is 9.65. The molecule has 1 unspecified atom stereocenters. The Morgan fingerprint density at radius 1 is 1.10 bits per heavy atom. The van der Waals surface area contributed by atoms with Crippen LogP contribution >= 0.6 is 0 Å². The van der Waals surface area contributed by atoms with E-state index in [2.05, 4.69) is 31.4 Å². The van der Waals surface area contributed by atoms with Gasteiger partial charge in [0.15, 0.2) is 9.84 Å². The summed E-state index contributed by atoms with van der Waals surface area (Å²) in [7, 11) is -1.60. The molecule has 1 atom stereocenters. The Kier molecular flexibility index (Phi) is 8.30. The molecule has 1 fully saturated rings. The van der Waals surface area contributed by atoms with Gasteiger partial charge >= 0.3 is 0 Å². The maximum absolute atomic E-state index is 12.9. The predicted octanol–water partition coefficient (Wildman–Crippen LogP) is 2.70. The fourth-order valence-corrected chi connectivity index (χ4v) is 5.63. The van der Waals surface area contributed by atoms with Crippen LogP contribution in [0.15, 0.2) is 61.4 Å². The molecule has 3 heterocycles. The van der Waals surface area contributed by atoms with Gasteiger partial charge in [0, 0.05) is 36.6 Å². The zero-order valence-electron chi connectivity index (χ0n) is 23.0. The Hall–Kier alpha value is -5.03. The number of sulfone groups is 1. The standard InChI is InChI=1S/C28H28N8O5S/c1-19(16-36-18-30-17-33-36)41-25-11-20(3-4-22(25)13-29)23-14-31-28(32-15-23)34-24-6-5-21(12-26(24)40-2)27(37)35-7-9-42(38,39)10-8-35/h3-6,11-12,14-15,17-19H,7-10,16H2,1-2H3,(H,31,32,34). The van der Waals surface area contributed by atoms with Crippen LogP contribution in [0, 0.1) is 11.3 Å². The molecule has 5 rings (SSSR count). The second kappa shape index (κ2) is 12.2. The Labute approximate surface area is 242 Å². The van der Waals surface area contributed by atoms with Crippen molar-refractivity contribution in [3.63, 3.8) is 0 Å². The largest absolute Gasteiger partial charge is 0.495 e. The van der Waals surface area contributed by atoms with Gasteiger partial charge in [0.2, 0.25) is 5.95 Å². The number of hydrogen-bond acceptors (Lipinski definition) is 11. The van der Waals surface area contributed by atoms with Crippen molar-refractivity contribution in [1.29, 1.82) is 5.26 Å². The summed E-state index contributed by atoms with van der Waals surface area (Å²) in [4.78, 5) is 27.2. The number of nitrogens with zero attached hydrogens (tertiary/aromatic N) is 7. The molecule has 0 bridgehead atoms. The number of benzene rings is 2. The van der Waals surface area contributed by atoms with Gasteiger partial charge in [0.25, 0.3) is 5.91 Å². The number of nitriles is 1. The van der Waals surface area contributed by atoms with Crippen LogP contribution in [-0.4, -0.2) is 81.8 Å². The topological polar surface area (TPSA) is 165 Å². The van der Waals surface area contributed by atoms with Gasteiger partial charge in [0.05, 0.1) is 36.4 Å². The zero-order valence-corrected chi connectivity index (χ0v) is 23.8. The van der Waals surface area contributed by atoms with E-state index in [-0.39, 0.29) is 36.6 Å². The van der Waals surface area contributed by atoms with Crippen molar-refractivity contribution in [1.82, 2.24) is 29.6 Å². The molecule has 1 N–H and O–H groups in total. The highest BCUT2D eigenvalue weighted by molar-refractivity contribution is 7.91. The van der Waals surface area contributed by atoms with Gasteiger partial charge < -0.3 is 19.7 Å². The van der Waals surface area contributed by atoms with Crippen LogP contribution in [0.25, 0.3) is 11.1 Å². The molecule has 0 saturated carbocycles. The number of hydrogen-bond donors (Lipinski definition) is 1. The molecule has 4 aromatic rings. The van der Waals surface area contributed by atoms with E-state index < -0.39 is 9.84 Å². The lowest BCUT2D eigenvalue weighted by atomic mass is 10.1. The van der Waals surface area contributed by atoms with E-state index in [1.54, 1.807) is 59.8 Å². The molecule has 0 spiro atoms. The average molecular weight is 589 g/mol. The first-order valence-electron chi connectivity index (χ1n) is 13.0. The number of ether oxygens (including phenoxy) is 2. The third-order valence-corrected chi connectivity index (χ3v) is 8.26. The van der Waals surface area contributed by atoms with Gasteiger partial charge in [-0.05, 0) is 42.8 Å². The fraction of sp³-hybridized carbons (Fsp3) is 0.286. The van der Waals surface area contributed by atoms with Crippen LogP contribution in [0.5, 0.6) is 11.5 Å². The number of carbonyl (C=O) groups excluding carboxylic acids is 1. The first-order valence-corrected chi connectivity index (χ1v) is 14.9. The summed E-state index contributed by atoms with van der Waals surface area (Å²) in [6.45, 7) is 2.69. The van der Waals surface area contributed by atoms with E-state index in [1.807, 2.05) is 6.92 Å². The van der Waals surface area contributed by atoms with Gasteiger partial charge in [-0.3, -0.25) is 4.79 Å². The van der Waals surface area contributed by atoms with Crippen molar-refractivity contribution in [3.8, 4) is 28.7 Å². The molecule has 1 aliphatic rings. The minimum Gasteiger partial charge on any atom is -0.495 e. The summed E-state index contributed by atoms with van der Waals surface area (Å²) in [6, 6.07) is 12.4. The SMILES string of the molecule is COc1cc(C(=O)N2CCS(=O)(=O)CC2)ccc1Nc1ncc(-c2ccc(C#N)c(OC(C)Cn3cncn3)c2)cn1. The Balaban J connectivity index is 1.28. The van der Waals surface area contributed by atoms with E-state index in [1.165, 1.54) is 18.3 Å². The van der Waals surface area contributed by atoms with E-state index in [9.17, 15) is 18.5 Å². The van der Waals surface area contributed by atoms with E-state index in [0.717, 1.165) is 11.1 Å². The minimum atomic E-state index is -3.09. The summed E-state index contributed by atoms with van der Waals surface area (Å²) in [5.74, 6) is 0.825. The predicted molar refractivity (Wildman–Crippen MR) is 153 cm³/mol. The Morgan fingerprint density at radius 3 is 2.52 bits per heavy atom. The number of rotatable bonds is 9. The summed E-state index contributed by atoms with van der Waals surface area (Å²) in [5.41, 5.74) is 2.84. The highest BCUT2D eigenvalue weighted by Crippen LogP contribution is 2.30. The number of methoxy groups -OCH3 is 1. The van der Waals surface area contributed by atoms with Crippen molar-refractivity contribution >= 4 is 27.4 Å². The van der Waals surface area contributed by atoms with Crippen molar-refractivity contribution < 1.29 is 22.7 Å². The quantitative estimate of drug-likeness (QED) is 0.305. The zero-order chi connectivity index (χ0) is 29.7. The summed E-state index contributed by atoms with van der Waals surface area (Å²) >= 11 is 0. The van der Waals surface area contributed by atoms with E-state index >= 15 is 0 Å². The van der Waals surface area contributed by atoms with Crippen molar-refractivity contribution in [2.75, 3.05) is 37.0 Å². The average Bonchev–Trinajstić information content (AvgIpc) is 3.50. The molecule has 0 aliphatic carbocycles. The van der Waals surface area contributed by atoms with Crippen molar-refractivity contribution in [3.05, 3.63) is 72.6 Å². The third kappa shape index (κ3) is 6.64. The lowest BCUT2D eigenvalue weighted by molar-refractivity contribution is 0.0770. The minimum absolute atomic E-state index is 0.0389. The third-order valence-electron chi connectivity index (χ3n) is 6.65. The van der Waals surface area contributed by atoms with Gasteiger partial charge in [-0.15, -0.1) is 0 Å². The highest BCUT2D eigenvalue weighted by atomic mass is 32.2. The van der Waals surface area contributed by atoms with Crippen molar-refractivity contribution in [2.45, 2.75) is 19.6 Å². The van der Waals surface area contributed by atoms with E-state index in [0.29, 0.717) is 40.8 Å². The van der Waals surface area contributed by atoms with Gasteiger partial charge in [-0.2, -0.15) is 10.4 Å². The molecule has 42 heavy (non-hydrogen) atoms. The fourth-order valence-electron chi connectivity index (χ4n) is 4.42. The molecular weight excluding hydrogens is 560 g/mol. The van der Waals surface area contributed by atoms with Gasteiger partial charge in [-0.25, -0.2) is 28.1 Å². The molecule has 2 aromatic carbocycles. The first kappa shape index (κ1) is 28.5. The molecule has 216 valence electrons. The number of nitrogens with one attached hydrogen (secondary N) is 1. The maximum Gasteiger partial charge on any atom is 0.254 e. The van der Waals surface area contributed by atoms with Crippen LogP contribution < -0.4 is 14.8 Å². The van der Waals surface area contributed by atoms with Crippen molar-refractivity contribution in [2.24, 2.45) is 0 Å². The van der Waals surface area contributed by atoms with Gasteiger partial charge in [-0.1, -0.05) is 6.07 Å². The highest BCUT2D eigenvalue weighted by Gasteiger charge is 2.26. The molecule has 13 nitrogen and oxygen atoms in total. The van der Waals surface area contributed by atoms with Crippen LogP contribution in [0.3, 0.4) is 0 Å². The van der Waals surface area contributed by atoms with Crippen LogP contribution in [0.4, 0.5) is 11.6 Å². The van der Waals surface area contributed by atoms with E-state index in [4.69, 9.17) is 9.47 Å². The second-order valence-corrected chi connectivity index (χ2v) is 12.0.